The first-order valence-corrected chi connectivity index (χ1v) is 11.4. The molecule has 3 rings (SSSR count). The molecule has 1 aliphatic heterocycles. The number of anilines is 1. The summed E-state index contributed by atoms with van der Waals surface area (Å²) >= 11 is 0. The van der Waals surface area contributed by atoms with Gasteiger partial charge in [-0.1, -0.05) is 20.8 Å². The molecule has 2 atom stereocenters. The highest BCUT2D eigenvalue weighted by Crippen LogP contribution is 2.38. The van der Waals surface area contributed by atoms with E-state index in [0.717, 1.165) is 25.1 Å². The maximum Gasteiger partial charge on any atom is 0.252 e. The predicted molar refractivity (Wildman–Crippen MR) is 99.7 cm³/mol. The Morgan fingerprint density at radius 2 is 1.96 bits per heavy atom. The van der Waals surface area contributed by atoms with Crippen molar-refractivity contribution in [1.29, 1.82) is 0 Å². The third kappa shape index (κ3) is 3.21. The van der Waals surface area contributed by atoms with Crippen molar-refractivity contribution in [3.05, 3.63) is 28.5 Å². The summed E-state index contributed by atoms with van der Waals surface area (Å²) in [5.41, 5.74) is 9.57. The molecule has 0 spiro atoms. The molecule has 1 aromatic rings. The molecule has 7 heteroatoms. The summed E-state index contributed by atoms with van der Waals surface area (Å²) in [6.45, 7) is 12.2. The number of rotatable bonds is 3. The van der Waals surface area contributed by atoms with Crippen molar-refractivity contribution in [1.82, 2.24) is 0 Å². The minimum Gasteiger partial charge on any atom is -0.601 e. The monoisotopic (exact) mass is 348 g/mol. The number of quaternary nitrogens is 1. The van der Waals surface area contributed by atoms with Crippen LogP contribution in [-0.2, 0) is 17.3 Å². The Balaban J connectivity index is 1.70. The number of hydrogen-bond donors (Lipinski definition) is 3. The minimum absolute atomic E-state index is 0.170. The van der Waals surface area contributed by atoms with Gasteiger partial charge >= 0.3 is 0 Å². The number of hydrogen-bond acceptors (Lipinski definition) is 5. The number of fused-ring (bicyclic) bond motifs is 2. The average Bonchev–Trinajstić information content (AvgIpc) is 2.84. The van der Waals surface area contributed by atoms with Gasteiger partial charge in [0.15, 0.2) is 14.0 Å². The highest BCUT2D eigenvalue weighted by Gasteiger charge is 2.38. The first kappa shape index (κ1) is 17.4. The van der Waals surface area contributed by atoms with Crippen LogP contribution in [0.1, 0.15) is 31.9 Å². The molecule has 4 N–H and O–H groups in total. The van der Waals surface area contributed by atoms with Gasteiger partial charge in [0, 0.05) is 12.7 Å². The molecule has 0 saturated carbocycles. The van der Waals surface area contributed by atoms with Gasteiger partial charge in [-0.2, -0.15) is 0 Å². The fourth-order valence-corrected chi connectivity index (χ4v) is 4.13. The summed E-state index contributed by atoms with van der Waals surface area (Å²) in [5, 5.41) is 18.8. The molecule has 0 radical (unpaired) electrons. The van der Waals surface area contributed by atoms with Crippen LogP contribution < -0.4 is 16.2 Å². The van der Waals surface area contributed by atoms with E-state index in [1.54, 1.807) is 0 Å². The summed E-state index contributed by atoms with van der Waals surface area (Å²) < 4.78 is 6.39. The molecule has 6 nitrogen and oxygen atoms in total. The highest BCUT2D eigenvalue weighted by molar-refractivity contribution is 6.74. The topological polar surface area (TPSA) is 87.1 Å². The van der Waals surface area contributed by atoms with E-state index < -0.39 is 8.32 Å². The smallest absolute Gasteiger partial charge is 0.252 e. The third-order valence-electron chi connectivity index (χ3n) is 5.56. The Labute approximate surface area is 144 Å². The van der Waals surface area contributed by atoms with E-state index in [0.29, 0.717) is 11.6 Å². The molecule has 1 aromatic carbocycles. The first-order chi connectivity index (χ1) is 11.1. The van der Waals surface area contributed by atoms with Gasteiger partial charge in [0.25, 0.3) is 5.96 Å². The van der Waals surface area contributed by atoms with E-state index in [2.05, 4.69) is 50.3 Å². The number of nitrogens with zero attached hydrogens (tertiary/aromatic N) is 1. The Hall–Kier alpha value is -1.41. The van der Waals surface area contributed by atoms with E-state index in [-0.39, 0.29) is 16.2 Å². The molecule has 0 bridgehead atoms. The molecule has 24 heavy (non-hydrogen) atoms. The van der Waals surface area contributed by atoms with Crippen molar-refractivity contribution in [3.63, 3.8) is 0 Å². The van der Waals surface area contributed by atoms with Crippen LogP contribution in [0.25, 0.3) is 0 Å². The second kappa shape index (κ2) is 5.84. The number of guanidine groups is 1. The molecule has 132 valence electrons. The summed E-state index contributed by atoms with van der Waals surface area (Å²) in [5.74, 6) is 0.648. The van der Waals surface area contributed by atoms with Crippen molar-refractivity contribution < 1.29 is 9.60 Å². The van der Waals surface area contributed by atoms with Crippen LogP contribution in [0.3, 0.4) is 0 Å². The van der Waals surface area contributed by atoms with Crippen LogP contribution in [0.5, 0.6) is 0 Å². The highest BCUT2D eigenvalue weighted by atomic mass is 28.4. The largest absolute Gasteiger partial charge is 0.601 e. The number of nitrogens with two attached hydrogens (primary N) is 1. The van der Waals surface area contributed by atoms with Gasteiger partial charge < -0.3 is 20.7 Å². The van der Waals surface area contributed by atoms with Crippen molar-refractivity contribution in [2.75, 3.05) is 11.9 Å². The molecule has 0 aromatic heterocycles. The maximum absolute atomic E-state index is 12.0. The molecular formula is C17H28N4O2Si. The molecule has 0 saturated heterocycles. The zero-order valence-electron chi connectivity index (χ0n) is 15.2. The molecule has 2 aliphatic rings. The Bertz CT molecular complexity index is 682. The molecule has 1 heterocycles. The van der Waals surface area contributed by atoms with Gasteiger partial charge in [0.2, 0.25) is 0 Å². The minimum atomic E-state index is -1.72. The average molecular weight is 349 g/mol. The van der Waals surface area contributed by atoms with Crippen LogP contribution in [-0.4, -0.2) is 20.9 Å². The van der Waals surface area contributed by atoms with E-state index in [4.69, 9.17) is 10.2 Å². The van der Waals surface area contributed by atoms with Gasteiger partial charge in [0.1, 0.15) is 5.69 Å². The lowest BCUT2D eigenvalue weighted by Crippen LogP contribution is -2.98. The molecule has 0 fully saturated rings. The van der Waals surface area contributed by atoms with Crippen molar-refractivity contribution in [2.24, 2.45) is 16.8 Å². The van der Waals surface area contributed by atoms with Gasteiger partial charge in [-0.25, -0.2) is 5.17 Å². The third-order valence-corrected chi connectivity index (χ3v) is 10.1. The fraction of sp³-hybridized carbons (Fsp3) is 0.588. The first-order valence-electron chi connectivity index (χ1n) is 8.52. The second-order valence-corrected chi connectivity index (χ2v) is 13.2. The maximum atomic E-state index is 12.0. The lowest BCUT2D eigenvalue weighted by molar-refractivity contribution is -0.783. The SMILES string of the molecule is CC(C)(C)[Si](C)(C)OCC1Cc2cc3c(cc2C1)[NH+]([O-])N=C(N)N3. The Morgan fingerprint density at radius 3 is 2.58 bits per heavy atom. The van der Waals surface area contributed by atoms with Crippen LogP contribution >= 0.6 is 0 Å². The van der Waals surface area contributed by atoms with Gasteiger partial charge in [-0.3, -0.25) is 0 Å². The lowest BCUT2D eigenvalue weighted by atomic mass is 10.1. The lowest BCUT2D eigenvalue weighted by Gasteiger charge is -2.37. The van der Waals surface area contributed by atoms with E-state index in [1.807, 2.05) is 6.07 Å². The molecular weight excluding hydrogens is 320 g/mol. The summed E-state index contributed by atoms with van der Waals surface area (Å²) in [4.78, 5) is 0. The summed E-state index contributed by atoms with van der Waals surface area (Å²) in [6, 6.07) is 4.03. The van der Waals surface area contributed by atoms with Crippen LogP contribution in [0.4, 0.5) is 11.4 Å². The van der Waals surface area contributed by atoms with E-state index in [9.17, 15) is 5.21 Å². The summed E-state index contributed by atoms with van der Waals surface area (Å²) in [6.07, 6.45) is 1.95. The van der Waals surface area contributed by atoms with Gasteiger partial charge in [-0.15, -0.1) is 0 Å². The Kier molecular flexibility index (Phi) is 4.24. The van der Waals surface area contributed by atoms with Crippen LogP contribution in [0.2, 0.25) is 18.1 Å². The summed E-state index contributed by atoms with van der Waals surface area (Å²) in [7, 11) is -1.72. The van der Waals surface area contributed by atoms with E-state index in [1.165, 1.54) is 11.1 Å². The predicted octanol–water partition coefficient (Wildman–Crippen LogP) is 2.09. The molecule has 0 amide bonds. The zero-order valence-corrected chi connectivity index (χ0v) is 16.2. The quantitative estimate of drug-likeness (QED) is 0.577. The Morgan fingerprint density at radius 1 is 1.33 bits per heavy atom. The van der Waals surface area contributed by atoms with Crippen molar-refractivity contribution in [3.8, 4) is 0 Å². The normalized spacial score (nSPS) is 23.3. The van der Waals surface area contributed by atoms with E-state index >= 15 is 0 Å². The zero-order chi connectivity index (χ0) is 17.7. The van der Waals surface area contributed by atoms with Crippen LogP contribution in [0, 0.1) is 11.1 Å². The van der Waals surface area contributed by atoms with Crippen molar-refractivity contribution in [2.45, 2.75) is 51.7 Å². The fourth-order valence-electron chi connectivity index (χ4n) is 3.04. The molecule has 1 aliphatic carbocycles. The van der Waals surface area contributed by atoms with Crippen LogP contribution in [0.15, 0.2) is 17.2 Å². The number of benzene rings is 1. The van der Waals surface area contributed by atoms with Gasteiger partial charge in [-0.05, 0) is 59.2 Å². The molecule has 2 unspecified atom stereocenters. The second-order valence-electron chi connectivity index (χ2n) is 8.44. The standard InChI is InChI=1S/C17H28N4O2Si/c1-17(2,3)24(4,5)23-10-11-6-12-8-14-15(9-13(12)7-11)21(22)20-16(18)19-14/h8-9,11,21H,6-7,10H2,1-5H3,(H3,18,19,20). The van der Waals surface area contributed by atoms with Crippen molar-refractivity contribution >= 4 is 25.7 Å². The number of nitrogens with one attached hydrogen (secondary N) is 2. The van der Waals surface area contributed by atoms with Gasteiger partial charge in [0.05, 0.1) is 0 Å².